The number of carbonyl (C=O) groups excluding carboxylic acids is 1. The molecule has 0 rings (SSSR count). The van der Waals surface area contributed by atoms with Crippen molar-refractivity contribution in [3.05, 3.63) is 0 Å². The zero-order chi connectivity index (χ0) is 9.72. The first-order chi connectivity index (χ1) is 5.43. The lowest BCUT2D eigenvalue weighted by atomic mass is 10.5. The van der Waals surface area contributed by atoms with Crippen LogP contribution in [0.1, 0.15) is 27.7 Å². The fourth-order valence-corrected chi connectivity index (χ4v) is 0.635. The molecule has 0 heterocycles. The van der Waals surface area contributed by atoms with Gasteiger partial charge < -0.3 is 4.74 Å². The molecule has 0 N–H and O–H groups in total. The molecule has 0 radical (unpaired) electrons. The molecule has 0 unspecified atom stereocenters. The second kappa shape index (κ2) is 4.98. The SMILES string of the molecule is CC(C)OC(=O)N(C)OC(C)C. The van der Waals surface area contributed by atoms with E-state index in [4.69, 9.17) is 9.57 Å². The molecule has 4 heteroatoms. The number of hydroxylamine groups is 2. The Morgan fingerprint density at radius 3 is 2.00 bits per heavy atom. The van der Waals surface area contributed by atoms with E-state index in [9.17, 15) is 4.79 Å². The fraction of sp³-hybridized carbons (Fsp3) is 0.875. The van der Waals surface area contributed by atoms with Crippen LogP contribution < -0.4 is 0 Å². The third-order valence-electron chi connectivity index (χ3n) is 0.963. The molecule has 0 bridgehead atoms. The Morgan fingerprint density at radius 1 is 1.17 bits per heavy atom. The molecule has 0 fully saturated rings. The number of amides is 1. The molecular weight excluding hydrogens is 158 g/mol. The van der Waals surface area contributed by atoms with E-state index in [1.165, 1.54) is 7.05 Å². The van der Waals surface area contributed by atoms with Crippen LogP contribution in [0.3, 0.4) is 0 Å². The number of hydrogen-bond donors (Lipinski definition) is 0. The highest BCUT2D eigenvalue weighted by Crippen LogP contribution is 1.99. The van der Waals surface area contributed by atoms with E-state index in [0.29, 0.717) is 0 Å². The topological polar surface area (TPSA) is 38.8 Å². The summed E-state index contributed by atoms with van der Waals surface area (Å²) >= 11 is 0. The van der Waals surface area contributed by atoms with Crippen LogP contribution >= 0.6 is 0 Å². The van der Waals surface area contributed by atoms with Gasteiger partial charge in [-0.2, -0.15) is 5.06 Å². The molecule has 1 amide bonds. The Kier molecular flexibility index (Phi) is 4.66. The highest BCUT2D eigenvalue weighted by atomic mass is 16.7. The average molecular weight is 175 g/mol. The van der Waals surface area contributed by atoms with Crippen LogP contribution in [0, 0.1) is 0 Å². The first kappa shape index (κ1) is 11.2. The lowest BCUT2D eigenvalue weighted by Crippen LogP contribution is -2.31. The summed E-state index contributed by atoms with van der Waals surface area (Å²) in [5, 5.41) is 1.10. The maximum absolute atomic E-state index is 11.1. The van der Waals surface area contributed by atoms with E-state index in [1.807, 2.05) is 13.8 Å². The van der Waals surface area contributed by atoms with Crippen LogP contribution in [0.5, 0.6) is 0 Å². The van der Waals surface area contributed by atoms with Crippen molar-refractivity contribution in [3.63, 3.8) is 0 Å². The van der Waals surface area contributed by atoms with Gasteiger partial charge in [0.1, 0.15) is 0 Å². The van der Waals surface area contributed by atoms with E-state index in [2.05, 4.69) is 0 Å². The van der Waals surface area contributed by atoms with E-state index >= 15 is 0 Å². The van der Waals surface area contributed by atoms with Gasteiger partial charge in [0.2, 0.25) is 0 Å². The standard InChI is InChI=1S/C8H17NO3/c1-6(2)11-8(10)9(5)12-7(3)4/h6-7H,1-5H3. The maximum atomic E-state index is 11.1. The molecule has 4 nitrogen and oxygen atoms in total. The molecular formula is C8H17NO3. The normalized spacial score (nSPS) is 10.6. The average Bonchev–Trinajstić information content (AvgIpc) is 1.84. The molecule has 0 aromatic carbocycles. The molecule has 0 aliphatic rings. The Bertz CT molecular complexity index is 145. The zero-order valence-electron chi connectivity index (χ0n) is 8.33. The van der Waals surface area contributed by atoms with Gasteiger partial charge in [-0.3, -0.25) is 4.84 Å². The highest BCUT2D eigenvalue weighted by molar-refractivity contribution is 5.66. The van der Waals surface area contributed by atoms with E-state index in [-0.39, 0.29) is 12.2 Å². The minimum absolute atomic E-state index is 0.0188. The molecule has 0 aliphatic carbocycles. The highest BCUT2D eigenvalue weighted by Gasteiger charge is 2.13. The van der Waals surface area contributed by atoms with Crippen molar-refractivity contribution in [2.24, 2.45) is 0 Å². The molecule has 0 aromatic rings. The van der Waals surface area contributed by atoms with Crippen LogP contribution in [0.2, 0.25) is 0 Å². The lowest BCUT2D eigenvalue weighted by molar-refractivity contribution is -0.151. The summed E-state index contributed by atoms with van der Waals surface area (Å²) in [6.07, 6.45) is -0.593. The smallest absolute Gasteiger partial charge is 0.433 e. The molecule has 0 saturated heterocycles. The third kappa shape index (κ3) is 4.96. The first-order valence-corrected chi connectivity index (χ1v) is 4.04. The van der Waals surface area contributed by atoms with Crippen LogP contribution in [-0.4, -0.2) is 30.4 Å². The number of carbonyl (C=O) groups is 1. The van der Waals surface area contributed by atoms with Crippen molar-refractivity contribution in [1.82, 2.24) is 5.06 Å². The van der Waals surface area contributed by atoms with Crippen molar-refractivity contribution in [2.45, 2.75) is 39.9 Å². The second-order valence-corrected chi connectivity index (χ2v) is 3.08. The van der Waals surface area contributed by atoms with Crippen molar-refractivity contribution >= 4 is 6.09 Å². The molecule has 0 aliphatic heterocycles. The van der Waals surface area contributed by atoms with Gasteiger partial charge in [-0.25, -0.2) is 4.79 Å². The van der Waals surface area contributed by atoms with Gasteiger partial charge >= 0.3 is 6.09 Å². The quantitative estimate of drug-likeness (QED) is 0.614. The van der Waals surface area contributed by atoms with E-state index < -0.39 is 6.09 Å². The van der Waals surface area contributed by atoms with Crippen molar-refractivity contribution in [1.29, 1.82) is 0 Å². The number of rotatable bonds is 3. The monoisotopic (exact) mass is 175 g/mol. The fourth-order valence-electron chi connectivity index (χ4n) is 0.635. The van der Waals surface area contributed by atoms with Gasteiger partial charge in [0.25, 0.3) is 0 Å². The summed E-state index contributed by atoms with van der Waals surface area (Å²) in [5.74, 6) is 0. The Balaban J connectivity index is 3.77. The molecule has 12 heavy (non-hydrogen) atoms. The number of ether oxygens (including phenoxy) is 1. The van der Waals surface area contributed by atoms with Crippen molar-refractivity contribution < 1.29 is 14.4 Å². The Hall–Kier alpha value is -0.770. The summed E-state index contributed by atoms with van der Waals surface area (Å²) < 4.78 is 4.87. The summed E-state index contributed by atoms with van der Waals surface area (Å²) in [7, 11) is 1.53. The van der Waals surface area contributed by atoms with Gasteiger partial charge in [0.15, 0.2) is 0 Å². The van der Waals surface area contributed by atoms with Gasteiger partial charge in [-0.1, -0.05) is 0 Å². The summed E-state index contributed by atoms with van der Waals surface area (Å²) in [5.41, 5.74) is 0. The molecule has 0 aromatic heterocycles. The van der Waals surface area contributed by atoms with Gasteiger partial charge in [0, 0.05) is 7.05 Å². The van der Waals surface area contributed by atoms with Gasteiger partial charge in [-0.15, -0.1) is 0 Å². The maximum Gasteiger partial charge on any atom is 0.433 e. The Morgan fingerprint density at radius 2 is 1.67 bits per heavy atom. The third-order valence-corrected chi connectivity index (χ3v) is 0.963. The second-order valence-electron chi connectivity index (χ2n) is 3.08. The van der Waals surface area contributed by atoms with E-state index in [0.717, 1.165) is 5.06 Å². The van der Waals surface area contributed by atoms with E-state index in [1.54, 1.807) is 13.8 Å². The van der Waals surface area contributed by atoms with Crippen LogP contribution in [0.25, 0.3) is 0 Å². The molecule has 0 atom stereocenters. The first-order valence-electron chi connectivity index (χ1n) is 4.04. The predicted molar refractivity (Wildman–Crippen MR) is 45.6 cm³/mol. The lowest BCUT2D eigenvalue weighted by Gasteiger charge is -2.19. The zero-order valence-corrected chi connectivity index (χ0v) is 8.33. The molecule has 72 valence electrons. The van der Waals surface area contributed by atoms with Gasteiger partial charge in [-0.05, 0) is 27.7 Å². The summed E-state index contributed by atoms with van der Waals surface area (Å²) in [6.45, 7) is 7.28. The Labute approximate surface area is 73.4 Å². The predicted octanol–water partition coefficient (Wildman–Crippen LogP) is 1.80. The summed E-state index contributed by atoms with van der Waals surface area (Å²) in [6, 6.07) is 0. The van der Waals surface area contributed by atoms with Crippen molar-refractivity contribution in [2.75, 3.05) is 7.05 Å². The summed E-state index contributed by atoms with van der Waals surface area (Å²) in [4.78, 5) is 16.1. The number of hydrogen-bond acceptors (Lipinski definition) is 3. The number of nitrogens with zero attached hydrogens (tertiary/aromatic N) is 1. The molecule has 0 spiro atoms. The largest absolute Gasteiger partial charge is 0.445 e. The minimum Gasteiger partial charge on any atom is -0.445 e. The van der Waals surface area contributed by atoms with Crippen LogP contribution in [0.15, 0.2) is 0 Å². The molecule has 0 saturated carbocycles. The van der Waals surface area contributed by atoms with Crippen molar-refractivity contribution in [3.8, 4) is 0 Å². The minimum atomic E-state index is -0.460. The van der Waals surface area contributed by atoms with Crippen LogP contribution in [-0.2, 0) is 9.57 Å². The van der Waals surface area contributed by atoms with Gasteiger partial charge in [0.05, 0.1) is 12.2 Å². The van der Waals surface area contributed by atoms with Crippen LogP contribution in [0.4, 0.5) is 4.79 Å².